The molecule has 0 amide bonds. The van der Waals surface area contributed by atoms with Crippen LogP contribution >= 0.6 is 12.2 Å². The fourth-order valence-electron chi connectivity index (χ4n) is 2.31. The number of aliphatic hydroxyl groups excluding tert-OH is 1. The van der Waals surface area contributed by atoms with Crippen molar-refractivity contribution < 1.29 is 38.4 Å². The van der Waals surface area contributed by atoms with Gasteiger partial charge in [0.1, 0.15) is 18.8 Å². The number of carbonyl (C=O) groups is 3. The smallest absolute Gasteiger partial charge is 0.303 e. The van der Waals surface area contributed by atoms with Crippen LogP contribution in [0.1, 0.15) is 27.7 Å². The Morgan fingerprint density at radius 1 is 1.04 bits per heavy atom. The topological polar surface area (TPSA) is 120 Å². The number of ether oxygens (including phenoxy) is 4. The van der Waals surface area contributed by atoms with E-state index in [9.17, 15) is 19.5 Å². The van der Waals surface area contributed by atoms with Crippen LogP contribution in [0.15, 0.2) is 0 Å². The van der Waals surface area contributed by atoms with Gasteiger partial charge in [-0.3, -0.25) is 14.4 Å². The lowest BCUT2D eigenvalue weighted by Gasteiger charge is -2.43. The van der Waals surface area contributed by atoms with E-state index in [-0.39, 0.29) is 6.61 Å². The van der Waals surface area contributed by atoms with Gasteiger partial charge in [-0.15, -0.1) is 0 Å². The monoisotopic (exact) mass is 363 g/mol. The predicted molar refractivity (Wildman–Crippen MR) is 83.8 cm³/mol. The fraction of sp³-hybridized carbons (Fsp3) is 0.714. The predicted octanol–water partition coefficient (Wildman–Crippen LogP) is -0.564. The first kappa shape index (κ1) is 20.3. The van der Waals surface area contributed by atoms with Crippen molar-refractivity contribution in [3.8, 4) is 0 Å². The molecule has 0 unspecified atom stereocenters. The minimum Gasteiger partial charge on any atom is -0.463 e. The molecule has 10 heteroatoms. The number of aliphatic hydroxyl groups is 1. The van der Waals surface area contributed by atoms with Crippen molar-refractivity contribution in [2.24, 2.45) is 0 Å². The van der Waals surface area contributed by atoms with Gasteiger partial charge in [-0.05, 0) is 6.92 Å². The molecule has 0 radical (unpaired) electrons. The summed E-state index contributed by atoms with van der Waals surface area (Å²) in [6, 6.07) is -0.954. The van der Waals surface area contributed by atoms with Crippen molar-refractivity contribution in [2.75, 3.05) is 6.61 Å². The van der Waals surface area contributed by atoms with E-state index in [1.807, 2.05) is 0 Å². The molecule has 0 aliphatic carbocycles. The second kappa shape index (κ2) is 8.90. The lowest BCUT2D eigenvalue weighted by molar-refractivity contribution is -0.263. The highest BCUT2D eigenvalue weighted by molar-refractivity contribution is 7.80. The molecule has 5 atom stereocenters. The molecule has 2 N–H and O–H groups in total. The minimum atomic E-state index is -1.43. The Morgan fingerprint density at radius 2 is 1.58 bits per heavy atom. The average Bonchev–Trinajstić information content (AvgIpc) is 2.42. The third-order valence-electron chi connectivity index (χ3n) is 3.09. The highest BCUT2D eigenvalue weighted by Gasteiger charge is 2.50. The van der Waals surface area contributed by atoms with Gasteiger partial charge in [0.25, 0.3) is 0 Å². The molecule has 1 aliphatic heterocycles. The van der Waals surface area contributed by atoms with Crippen LogP contribution in [-0.2, 0) is 33.3 Å². The van der Waals surface area contributed by atoms with Crippen molar-refractivity contribution in [1.29, 1.82) is 0 Å². The fourth-order valence-corrected chi connectivity index (χ4v) is 2.44. The maximum atomic E-state index is 11.4. The zero-order chi connectivity index (χ0) is 18.4. The van der Waals surface area contributed by atoms with Gasteiger partial charge in [-0.2, -0.15) is 0 Å². The molecule has 1 heterocycles. The molecule has 1 saturated heterocycles. The summed E-state index contributed by atoms with van der Waals surface area (Å²) in [5.41, 5.74) is 0. The summed E-state index contributed by atoms with van der Waals surface area (Å²) in [5.74, 6) is -1.87. The third kappa shape index (κ3) is 6.02. The van der Waals surface area contributed by atoms with Gasteiger partial charge in [0.2, 0.25) is 0 Å². The molecule has 136 valence electrons. The van der Waals surface area contributed by atoms with Crippen LogP contribution in [0.3, 0.4) is 0 Å². The van der Waals surface area contributed by atoms with Crippen LogP contribution in [0.4, 0.5) is 0 Å². The Kier molecular flexibility index (Phi) is 7.52. The van der Waals surface area contributed by atoms with E-state index in [2.05, 4.69) is 5.32 Å². The molecule has 0 spiro atoms. The van der Waals surface area contributed by atoms with E-state index in [1.54, 1.807) is 6.92 Å². The molecule has 0 aromatic carbocycles. The molecule has 0 aromatic rings. The number of esters is 3. The van der Waals surface area contributed by atoms with E-state index in [1.165, 1.54) is 20.8 Å². The largest absolute Gasteiger partial charge is 0.463 e. The van der Waals surface area contributed by atoms with Crippen LogP contribution in [0.25, 0.3) is 0 Å². The van der Waals surface area contributed by atoms with Crippen LogP contribution in [0.5, 0.6) is 0 Å². The van der Waals surface area contributed by atoms with Crippen LogP contribution in [0, 0.1) is 0 Å². The highest BCUT2D eigenvalue weighted by atomic mass is 32.1. The van der Waals surface area contributed by atoms with E-state index in [0.29, 0.717) is 4.99 Å². The normalized spacial score (nSPS) is 29.3. The van der Waals surface area contributed by atoms with Crippen LogP contribution in [0.2, 0.25) is 0 Å². The molecular weight excluding hydrogens is 342 g/mol. The summed E-state index contributed by atoms with van der Waals surface area (Å²) in [6.45, 7) is 4.83. The Labute approximate surface area is 144 Å². The number of rotatable bonds is 5. The van der Waals surface area contributed by atoms with Crippen molar-refractivity contribution in [3.05, 3.63) is 0 Å². The zero-order valence-electron chi connectivity index (χ0n) is 13.8. The minimum absolute atomic E-state index is 0.286. The van der Waals surface area contributed by atoms with Gasteiger partial charge in [0.15, 0.2) is 18.5 Å². The Bertz CT molecular complexity index is 511. The van der Waals surface area contributed by atoms with Crippen molar-refractivity contribution in [2.45, 2.75) is 58.3 Å². The molecule has 1 fully saturated rings. The standard InChI is InChI=1S/C14H21NO8S/c1-6(24)15-11-13(22-9(4)18)12(21-8(3)17)10(23-14(11)19)5-20-7(2)16/h10-14,19H,5H2,1-4H3,(H,15,24)/t10-,11-,12-,13-,14+/m1/s1. The van der Waals surface area contributed by atoms with Gasteiger partial charge >= 0.3 is 17.9 Å². The van der Waals surface area contributed by atoms with Gasteiger partial charge < -0.3 is 29.4 Å². The van der Waals surface area contributed by atoms with Crippen molar-refractivity contribution >= 4 is 35.1 Å². The maximum Gasteiger partial charge on any atom is 0.303 e. The molecular formula is C14H21NO8S. The number of thiocarbonyl (C=S) groups is 1. The molecule has 1 aliphatic rings. The van der Waals surface area contributed by atoms with Crippen LogP contribution in [-0.4, -0.2) is 65.3 Å². The first-order valence-electron chi connectivity index (χ1n) is 7.20. The maximum absolute atomic E-state index is 11.4. The SMILES string of the molecule is CC(=O)OC[C@H]1O[C@H](O)[C@H](NC(C)=S)[C@@H](OC(C)=O)[C@@H]1OC(C)=O. The summed E-state index contributed by atoms with van der Waals surface area (Å²) in [5, 5.41) is 12.9. The average molecular weight is 363 g/mol. The molecule has 0 aromatic heterocycles. The van der Waals surface area contributed by atoms with E-state index in [0.717, 1.165) is 0 Å². The zero-order valence-corrected chi connectivity index (χ0v) is 14.6. The summed E-state index contributed by atoms with van der Waals surface area (Å²) < 4.78 is 20.6. The first-order valence-corrected chi connectivity index (χ1v) is 7.61. The van der Waals surface area contributed by atoms with Gasteiger partial charge in [-0.25, -0.2) is 0 Å². The second-order valence-corrected chi connectivity index (χ2v) is 5.85. The number of hydrogen-bond donors (Lipinski definition) is 2. The molecule has 9 nitrogen and oxygen atoms in total. The number of carbonyl (C=O) groups excluding carboxylic acids is 3. The quantitative estimate of drug-likeness (QED) is 0.373. The second-order valence-electron chi connectivity index (χ2n) is 5.24. The third-order valence-corrected chi connectivity index (χ3v) is 3.21. The van der Waals surface area contributed by atoms with Gasteiger partial charge in [0.05, 0.1) is 4.99 Å². The lowest BCUT2D eigenvalue weighted by atomic mass is 9.96. The first-order chi connectivity index (χ1) is 11.1. The van der Waals surface area contributed by atoms with Crippen molar-refractivity contribution in [3.63, 3.8) is 0 Å². The Balaban J connectivity index is 3.11. The van der Waals surface area contributed by atoms with E-state index >= 15 is 0 Å². The lowest BCUT2D eigenvalue weighted by Crippen LogP contribution is -2.65. The molecule has 0 saturated carbocycles. The highest BCUT2D eigenvalue weighted by Crippen LogP contribution is 2.26. The molecule has 24 heavy (non-hydrogen) atoms. The molecule has 0 bridgehead atoms. The number of hydrogen-bond acceptors (Lipinski definition) is 9. The van der Waals surface area contributed by atoms with E-state index in [4.69, 9.17) is 31.2 Å². The Hall–Kier alpha value is -1.78. The Morgan fingerprint density at radius 3 is 2.04 bits per heavy atom. The summed E-state index contributed by atoms with van der Waals surface area (Å²) >= 11 is 4.94. The summed E-state index contributed by atoms with van der Waals surface area (Å²) in [4.78, 5) is 34.1. The summed E-state index contributed by atoms with van der Waals surface area (Å²) in [7, 11) is 0. The molecule has 1 rings (SSSR count). The number of nitrogens with one attached hydrogen (secondary N) is 1. The van der Waals surface area contributed by atoms with Crippen molar-refractivity contribution in [1.82, 2.24) is 5.32 Å². The van der Waals surface area contributed by atoms with Crippen LogP contribution < -0.4 is 5.32 Å². The van der Waals surface area contributed by atoms with Gasteiger partial charge in [-0.1, -0.05) is 12.2 Å². The summed E-state index contributed by atoms with van der Waals surface area (Å²) in [6.07, 6.45) is -4.63. The van der Waals surface area contributed by atoms with Gasteiger partial charge in [0, 0.05) is 20.8 Å². The van der Waals surface area contributed by atoms with E-state index < -0.39 is 48.6 Å².